The number of nitrogen functional groups attached to an aromatic ring is 1. The number of ether oxygens (including phenoxy) is 1. The smallest absolute Gasteiger partial charge is 0.138 e. The lowest BCUT2D eigenvalue weighted by Crippen LogP contribution is -2.27. The number of aromatic nitrogens is 2. The zero-order valence-corrected chi connectivity index (χ0v) is 13.6. The van der Waals surface area contributed by atoms with Crippen LogP contribution in [0.5, 0.6) is 0 Å². The minimum absolute atomic E-state index is 0.125. The molecular weight excluding hydrogens is 252 g/mol. The van der Waals surface area contributed by atoms with Crippen molar-refractivity contribution in [1.29, 1.82) is 0 Å². The highest BCUT2D eigenvalue weighted by atomic mass is 16.5. The van der Waals surface area contributed by atoms with Gasteiger partial charge in [-0.05, 0) is 13.3 Å². The van der Waals surface area contributed by atoms with Crippen molar-refractivity contribution in [2.75, 3.05) is 24.8 Å². The molecule has 5 heteroatoms. The topological polar surface area (TPSA) is 73.1 Å². The van der Waals surface area contributed by atoms with Gasteiger partial charge in [0.2, 0.25) is 0 Å². The van der Waals surface area contributed by atoms with Crippen LogP contribution >= 0.6 is 0 Å². The highest BCUT2D eigenvalue weighted by molar-refractivity contribution is 5.55. The molecule has 20 heavy (non-hydrogen) atoms. The molecule has 1 unspecified atom stereocenters. The summed E-state index contributed by atoms with van der Waals surface area (Å²) in [6.45, 7) is 11.0. The van der Waals surface area contributed by atoms with Gasteiger partial charge in [-0.15, -0.1) is 0 Å². The average molecular weight is 280 g/mol. The fourth-order valence-electron chi connectivity index (χ4n) is 1.95. The van der Waals surface area contributed by atoms with Crippen LogP contribution in [-0.4, -0.2) is 29.7 Å². The molecule has 5 nitrogen and oxygen atoms in total. The minimum Gasteiger partial charge on any atom is -0.383 e. The Morgan fingerprint density at radius 3 is 2.45 bits per heavy atom. The van der Waals surface area contributed by atoms with Crippen LogP contribution in [0.15, 0.2) is 0 Å². The van der Waals surface area contributed by atoms with Gasteiger partial charge in [0.1, 0.15) is 17.5 Å². The van der Waals surface area contributed by atoms with Gasteiger partial charge in [0.25, 0.3) is 0 Å². The summed E-state index contributed by atoms with van der Waals surface area (Å²) in [5, 5.41) is 3.45. The standard InChI is InChI=1S/C15H28N4O/c1-7-8-11(9-20-6)17-13-10(2)12(16)18-14(19-13)15(3,4)5/h11H,7-9H2,1-6H3,(H3,16,17,18,19). The number of methoxy groups -OCH3 is 1. The van der Waals surface area contributed by atoms with Crippen molar-refractivity contribution in [3.8, 4) is 0 Å². The monoisotopic (exact) mass is 280 g/mol. The lowest BCUT2D eigenvalue weighted by atomic mass is 9.95. The first kappa shape index (κ1) is 16.7. The van der Waals surface area contributed by atoms with E-state index in [-0.39, 0.29) is 11.5 Å². The molecule has 3 N–H and O–H groups in total. The van der Waals surface area contributed by atoms with Gasteiger partial charge in [-0.2, -0.15) is 0 Å². The van der Waals surface area contributed by atoms with Crippen LogP contribution < -0.4 is 11.1 Å². The first-order valence-corrected chi connectivity index (χ1v) is 7.19. The van der Waals surface area contributed by atoms with Crippen molar-refractivity contribution < 1.29 is 4.74 Å². The Kier molecular flexibility index (Phi) is 5.74. The molecule has 1 aromatic heterocycles. The minimum atomic E-state index is -0.125. The fraction of sp³-hybridized carbons (Fsp3) is 0.733. The summed E-state index contributed by atoms with van der Waals surface area (Å²) in [5.41, 5.74) is 6.79. The second kappa shape index (κ2) is 6.88. The van der Waals surface area contributed by atoms with Gasteiger partial charge in [0.15, 0.2) is 0 Å². The molecule has 0 bridgehead atoms. The maximum absolute atomic E-state index is 6.02. The van der Waals surface area contributed by atoms with Crippen LogP contribution in [-0.2, 0) is 10.2 Å². The predicted molar refractivity (Wildman–Crippen MR) is 84.1 cm³/mol. The van der Waals surface area contributed by atoms with Gasteiger partial charge < -0.3 is 15.8 Å². The number of nitrogens with two attached hydrogens (primary N) is 1. The molecule has 0 aliphatic rings. The lowest BCUT2D eigenvalue weighted by Gasteiger charge is -2.23. The Labute approximate surface area is 122 Å². The molecule has 0 saturated heterocycles. The van der Waals surface area contributed by atoms with E-state index >= 15 is 0 Å². The number of hydrogen-bond donors (Lipinski definition) is 2. The maximum Gasteiger partial charge on any atom is 0.138 e. The van der Waals surface area contributed by atoms with E-state index in [1.165, 1.54) is 0 Å². The number of hydrogen-bond acceptors (Lipinski definition) is 5. The Morgan fingerprint density at radius 1 is 1.30 bits per heavy atom. The second-order valence-electron chi connectivity index (χ2n) is 6.24. The molecule has 1 atom stereocenters. The van der Waals surface area contributed by atoms with Crippen LogP contribution in [0, 0.1) is 6.92 Å². The summed E-state index contributed by atoms with van der Waals surface area (Å²) in [6.07, 6.45) is 2.12. The summed E-state index contributed by atoms with van der Waals surface area (Å²) >= 11 is 0. The Hall–Kier alpha value is -1.36. The van der Waals surface area contributed by atoms with Gasteiger partial charge >= 0.3 is 0 Å². The molecule has 0 aromatic carbocycles. The number of anilines is 2. The van der Waals surface area contributed by atoms with E-state index in [2.05, 4.69) is 43.0 Å². The van der Waals surface area contributed by atoms with Gasteiger partial charge in [-0.3, -0.25) is 0 Å². The molecule has 0 fully saturated rings. The highest BCUT2D eigenvalue weighted by Gasteiger charge is 2.21. The first-order valence-electron chi connectivity index (χ1n) is 7.19. The maximum atomic E-state index is 6.02. The third-order valence-corrected chi connectivity index (χ3v) is 3.20. The molecule has 0 aliphatic carbocycles. The zero-order valence-electron chi connectivity index (χ0n) is 13.6. The van der Waals surface area contributed by atoms with Crippen LogP contribution in [0.25, 0.3) is 0 Å². The third kappa shape index (κ3) is 4.34. The quantitative estimate of drug-likeness (QED) is 0.838. The second-order valence-corrected chi connectivity index (χ2v) is 6.24. The lowest BCUT2D eigenvalue weighted by molar-refractivity contribution is 0.182. The summed E-state index contributed by atoms with van der Waals surface area (Å²) < 4.78 is 5.26. The van der Waals surface area contributed by atoms with Gasteiger partial charge in [0, 0.05) is 18.1 Å². The fourth-order valence-corrected chi connectivity index (χ4v) is 1.95. The van der Waals surface area contributed by atoms with E-state index in [0.29, 0.717) is 12.4 Å². The van der Waals surface area contributed by atoms with E-state index in [4.69, 9.17) is 10.5 Å². The molecule has 0 amide bonds. The average Bonchev–Trinajstić information content (AvgIpc) is 2.34. The summed E-state index contributed by atoms with van der Waals surface area (Å²) in [4.78, 5) is 9.05. The molecule has 0 aliphatic heterocycles. The number of nitrogens with one attached hydrogen (secondary N) is 1. The first-order chi connectivity index (χ1) is 9.29. The van der Waals surface area contributed by atoms with Crippen molar-refractivity contribution in [1.82, 2.24) is 9.97 Å². The van der Waals surface area contributed by atoms with Crippen molar-refractivity contribution in [2.24, 2.45) is 0 Å². The van der Waals surface area contributed by atoms with E-state index < -0.39 is 0 Å². The largest absolute Gasteiger partial charge is 0.383 e. The number of rotatable bonds is 6. The zero-order chi connectivity index (χ0) is 15.3. The van der Waals surface area contributed by atoms with Crippen LogP contribution in [0.4, 0.5) is 11.6 Å². The third-order valence-electron chi connectivity index (χ3n) is 3.20. The van der Waals surface area contributed by atoms with E-state index in [1.54, 1.807) is 7.11 Å². The van der Waals surface area contributed by atoms with E-state index in [0.717, 1.165) is 30.0 Å². The normalized spacial score (nSPS) is 13.3. The molecule has 1 aromatic rings. The summed E-state index contributed by atoms with van der Waals surface area (Å²) in [5.74, 6) is 2.12. The van der Waals surface area contributed by atoms with Gasteiger partial charge in [-0.1, -0.05) is 34.1 Å². The van der Waals surface area contributed by atoms with Gasteiger partial charge in [0.05, 0.1) is 12.6 Å². The SMILES string of the molecule is CCCC(COC)Nc1nc(C(C)(C)C)nc(N)c1C. The van der Waals surface area contributed by atoms with Gasteiger partial charge in [-0.25, -0.2) is 9.97 Å². The number of nitrogens with zero attached hydrogens (tertiary/aromatic N) is 2. The predicted octanol–water partition coefficient (Wildman–Crippen LogP) is 2.89. The van der Waals surface area contributed by atoms with Crippen LogP contribution in [0.2, 0.25) is 0 Å². The Balaban J connectivity index is 3.06. The van der Waals surface area contributed by atoms with E-state index in [1.807, 2.05) is 6.92 Å². The Morgan fingerprint density at radius 2 is 1.95 bits per heavy atom. The summed E-state index contributed by atoms with van der Waals surface area (Å²) in [6, 6.07) is 0.241. The molecule has 114 valence electrons. The van der Waals surface area contributed by atoms with Crippen molar-refractivity contribution in [3.05, 3.63) is 11.4 Å². The Bertz CT molecular complexity index is 434. The summed E-state index contributed by atoms with van der Waals surface area (Å²) in [7, 11) is 1.71. The van der Waals surface area contributed by atoms with E-state index in [9.17, 15) is 0 Å². The molecule has 1 heterocycles. The van der Waals surface area contributed by atoms with Crippen LogP contribution in [0.3, 0.4) is 0 Å². The van der Waals surface area contributed by atoms with Crippen molar-refractivity contribution in [3.63, 3.8) is 0 Å². The molecular formula is C15H28N4O. The molecule has 0 saturated carbocycles. The molecule has 0 radical (unpaired) electrons. The molecule has 1 rings (SSSR count). The van der Waals surface area contributed by atoms with Crippen molar-refractivity contribution >= 4 is 11.6 Å². The van der Waals surface area contributed by atoms with Crippen molar-refractivity contribution in [2.45, 2.75) is 58.9 Å². The highest BCUT2D eigenvalue weighted by Crippen LogP contribution is 2.25. The molecule has 0 spiro atoms. The van der Waals surface area contributed by atoms with Crippen LogP contribution in [0.1, 0.15) is 51.9 Å².